The van der Waals surface area contributed by atoms with Gasteiger partial charge in [-0.3, -0.25) is 19.3 Å². The number of nitrogens with zero attached hydrogens (tertiary/aromatic N) is 5. The van der Waals surface area contributed by atoms with Crippen LogP contribution in [0.25, 0.3) is 0 Å². The van der Waals surface area contributed by atoms with Crippen LogP contribution in [0.15, 0.2) is 59.6 Å². The van der Waals surface area contributed by atoms with Crippen molar-refractivity contribution in [2.75, 3.05) is 19.6 Å². The molecule has 5 heterocycles. The number of furan rings is 1. The number of carbonyl (C=O) groups is 2. The van der Waals surface area contributed by atoms with Gasteiger partial charge in [0.25, 0.3) is 5.91 Å². The Morgan fingerprint density at radius 3 is 2.87 bits per heavy atom. The SMILES string of the molecule is Cn1nccc1[C@@H]1CN(C(=O)c2ccco2)C[C@]12CCCN(Cc1cccnc1)C2=O. The molecule has 5 rings (SSSR count). The van der Waals surface area contributed by atoms with Gasteiger partial charge in [0.05, 0.1) is 11.7 Å². The Labute approximate surface area is 180 Å². The standard InChI is InChI=1S/C23H25N5O3/c1-26-19(7-10-25-26)18-15-28(21(29)20-6-3-12-31-20)16-23(18)8-4-11-27(22(23)30)14-17-5-2-9-24-13-17/h2-3,5-7,9-10,12-13,18H,4,8,11,14-16H2,1H3/t18-,23+/m0/s1. The van der Waals surface area contributed by atoms with Crippen molar-refractivity contribution < 1.29 is 14.0 Å². The number of piperidine rings is 1. The first-order chi connectivity index (χ1) is 15.1. The lowest BCUT2D eigenvalue weighted by molar-refractivity contribution is -0.147. The van der Waals surface area contributed by atoms with Crippen molar-refractivity contribution in [3.63, 3.8) is 0 Å². The zero-order chi connectivity index (χ0) is 21.4. The van der Waals surface area contributed by atoms with Gasteiger partial charge in [0.15, 0.2) is 5.76 Å². The van der Waals surface area contributed by atoms with Gasteiger partial charge >= 0.3 is 0 Å². The van der Waals surface area contributed by atoms with Crippen LogP contribution < -0.4 is 0 Å². The molecule has 0 aliphatic carbocycles. The lowest BCUT2D eigenvalue weighted by Crippen LogP contribution is -2.52. The van der Waals surface area contributed by atoms with Gasteiger partial charge in [-0.15, -0.1) is 0 Å². The van der Waals surface area contributed by atoms with E-state index in [9.17, 15) is 9.59 Å². The third-order valence-corrected chi connectivity index (χ3v) is 6.64. The van der Waals surface area contributed by atoms with E-state index in [0.29, 0.717) is 31.9 Å². The van der Waals surface area contributed by atoms with Crippen LogP contribution in [0.2, 0.25) is 0 Å². The molecule has 2 fully saturated rings. The lowest BCUT2D eigenvalue weighted by Gasteiger charge is -2.42. The zero-order valence-electron chi connectivity index (χ0n) is 17.5. The molecule has 0 N–H and O–H groups in total. The van der Waals surface area contributed by atoms with Crippen LogP contribution in [-0.4, -0.2) is 56.0 Å². The molecule has 1 spiro atoms. The van der Waals surface area contributed by atoms with E-state index in [1.54, 1.807) is 35.6 Å². The second-order valence-corrected chi connectivity index (χ2v) is 8.44. The molecule has 0 bridgehead atoms. The fourth-order valence-electron chi connectivity index (χ4n) is 5.17. The molecule has 3 aromatic heterocycles. The molecular weight excluding hydrogens is 394 g/mol. The van der Waals surface area contributed by atoms with Crippen LogP contribution in [0.5, 0.6) is 0 Å². The highest BCUT2D eigenvalue weighted by atomic mass is 16.3. The fraction of sp³-hybridized carbons (Fsp3) is 0.391. The predicted molar refractivity (Wildman–Crippen MR) is 112 cm³/mol. The molecule has 0 aromatic carbocycles. The summed E-state index contributed by atoms with van der Waals surface area (Å²) in [7, 11) is 1.89. The summed E-state index contributed by atoms with van der Waals surface area (Å²) in [6, 6.07) is 9.21. The second-order valence-electron chi connectivity index (χ2n) is 8.44. The van der Waals surface area contributed by atoms with Crippen molar-refractivity contribution in [2.45, 2.75) is 25.3 Å². The average molecular weight is 419 g/mol. The lowest BCUT2D eigenvalue weighted by atomic mass is 9.70. The molecule has 2 saturated heterocycles. The van der Waals surface area contributed by atoms with Crippen LogP contribution in [0, 0.1) is 5.41 Å². The largest absolute Gasteiger partial charge is 0.459 e. The topological polar surface area (TPSA) is 84.5 Å². The number of hydrogen-bond acceptors (Lipinski definition) is 5. The molecule has 2 aliphatic rings. The molecule has 0 unspecified atom stereocenters. The number of amides is 2. The summed E-state index contributed by atoms with van der Waals surface area (Å²) >= 11 is 0. The van der Waals surface area contributed by atoms with Gasteiger partial charge in [-0.05, 0) is 42.7 Å². The number of pyridine rings is 1. The highest BCUT2D eigenvalue weighted by molar-refractivity contribution is 5.93. The van der Waals surface area contributed by atoms with Crippen LogP contribution in [0.3, 0.4) is 0 Å². The van der Waals surface area contributed by atoms with Crippen LogP contribution >= 0.6 is 0 Å². The van der Waals surface area contributed by atoms with E-state index in [1.807, 2.05) is 34.8 Å². The summed E-state index contributed by atoms with van der Waals surface area (Å²) in [5.41, 5.74) is 1.31. The van der Waals surface area contributed by atoms with Crippen molar-refractivity contribution in [3.8, 4) is 0 Å². The Kier molecular flexibility index (Phi) is 4.84. The van der Waals surface area contributed by atoms with E-state index in [2.05, 4.69) is 10.1 Å². The molecule has 160 valence electrons. The minimum atomic E-state index is -0.670. The second kappa shape index (κ2) is 7.68. The van der Waals surface area contributed by atoms with E-state index in [-0.39, 0.29) is 17.7 Å². The van der Waals surface area contributed by atoms with Gasteiger partial charge < -0.3 is 14.2 Å². The van der Waals surface area contributed by atoms with Crippen molar-refractivity contribution in [3.05, 3.63) is 72.2 Å². The first-order valence-electron chi connectivity index (χ1n) is 10.6. The highest BCUT2D eigenvalue weighted by Gasteiger charge is 2.57. The molecule has 3 aromatic rings. The van der Waals surface area contributed by atoms with E-state index in [4.69, 9.17) is 4.42 Å². The molecule has 8 nitrogen and oxygen atoms in total. The maximum atomic E-state index is 13.9. The maximum absolute atomic E-state index is 13.9. The third kappa shape index (κ3) is 3.32. The summed E-state index contributed by atoms with van der Waals surface area (Å²) < 4.78 is 7.17. The fourth-order valence-corrected chi connectivity index (χ4v) is 5.17. The summed E-state index contributed by atoms with van der Waals surface area (Å²) in [5.74, 6) is 0.106. The monoisotopic (exact) mass is 419 g/mol. The summed E-state index contributed by atoms with van der Waals surface area (Å²) in [6.07, 6.45) is 8.42. The Bertz CT molecular complexity index is 1080. The smallest absolute Gasteiger partial charge is 0.289 e. The summed E-state index contributed by atoms with van der Waals surface area (Å²) in [5, 5.41) is 4.33. The average Bonchev–Trinajstić information content (AvgIpc) is 3.52. The number of aryl methyl sites for hydroxylation is 1. The highest BCUT2D eigenvalue weighted by Crippen LogP contribution is 2.49. The van der Waals surface area contributed by atoms with Crippen molar-refractivity contribution in [2.24, 2.45) is 12.5 Å². The third-order valence-electron chi connectivity index (χ3n) is 6.64. The van der Waals surface area contributed by atoms with Crippen LogP contribution in [0.4, 0.5) is 0 Å². The van der Waals surface area contributed by atoms with E-state index >= 15 is 0 Å². The normalized spacial score (nSPS) is 23.6. The Morgan fingerprint density at radius 1 is 1.26 bits per heavy atom. The molecule has 2 amide bonds. The molecule has 0 radical (unpaired) electrons. The predicted octanol–water partition coefficient (Wildman–Crippen LogP) is 2.46. The van der Waals surface area contributed by atoms with Crippen molar-refractivity contribution in [1.29, 1.82) is 0 Å². The van der Waals surface area contributed by atoms with Gasteiger partial charge in [-0.1, -0.05) is 6.07 Å². The molecule has 2 atom stereocenters. The van der Waals surface area contributed by atoms with Gasteiger partial charge in [0, 0.05) is 63.4 Å². The molecule has 0 saturated carbocycles. The molecular formula is C23H25N5O3. The van der Waals surface area contributed by atoms with Crippen molar-refractivity contribution >= 4 is 11.8 Å². The molecule has 8 heteroatoms. The zero-order valence-corrected chi connectivity index (χ0v) is 17.5. The van der Waals surface area contributed by atoms with Gasteiger partial charge in [0.2, 0.25) is 5.91 Å². The first kappa shape index (κ1) is 19.5. The van der Waals surface area contributed by atoms with E-state index in [0.717, 1.165) is 24.1 Å². The maximum Gasteiger partial charge on any atom is 0.289 e. The Balaban J connectivity index is 1.49. The number of hydrogen-bond donors (Lipinski definition) is 0. The minimum absolute atomic E-state index is 0.101. The number of likely N-dealkylation sites (tertiary alicyclic amines) is 2. The van der Waals surface area contributed by atoms with Crippen LogP contribution in [-0.2, 0) is 18.4 Å². The van der Waals surface area contributed by atoms with Gasteiger partial charge in [0.1, 0.15) is 0 Å². The molecule has 2 aliphatic heterocycles. The number of carbonyl (C=O) groups excluding carboxylic acids is 2. The van der Waals surface area contributed by atoms with E-state index in [1.165, 1.54) is 6.26 Å². The number of rotatable bonds is 4. The quantitative estimate of drug-likeness (QED) is 0.649. The number of aromatic nitrogens is 3. The summed E-state index contributed by atoms with van der Waals surface area (Å²) in [4.78, 5) is 34.9. The van der Waals surface area contributed by atoms with Crippen molar-refractivity contribution in [1.82, 2.24) is 24.6 Å². The minimum Gasteiger partial charge on any atom is -0.459 e. The molecule has 31 heavy (non-hydrogen) atoms. The van der Waals surface area contributed by atoms with Crippen LogP contribution in [0.1, 0.15) is 40.6 Å². The Hall–Kier alpha value is -3.42. The Morgan fingerprint density at radius 2 is 2.16 bits per heavy atom. The van der Waals surface area contributed by atoms with Gasteiger partial charge in [-0.25, -0.2) is 0 Å². The summed E-state index contributed by atoms with van der Waals surface area (Å²) in [6.45, 7) is 2.08. The first-order valence-corrected chi connectivity index (χ1v) is 10.6. The van der Waals surface area contributed by atoms with Gasteiger partial charge in [-0.2, -0.15) is 5.10 Å². The van der Waals surface area contributed by atoms with E-state index < -0.39 is 5.41 Å².